The lowest BCUT2D eigenvalue weighted by Crippen LogP contribution is -2.50. The molecule has 0 spiro atoms. The molecule has 2 atom stereocenters. The predicted octanol–water partition coefficient (Wildman–Crippen LogP) is 2.11. The zero-order valence-electron chi connectivity index (χ0n) is 17.6. The summed E-state index contributed by atoms with van der Waals surface area (Å²) < 4.78 is 2.25. The van der Waals surface area contributed by atoms with Crippen LogP contribution in [0.5, 0.6) is 0 Å². The highest BCUT2D eigenvalue weighted by molar-refractivity contribution is 9.10. The van der Waals surface area contributed by atoms with E-state index in [1.807, 2.05) is 38.1 Å². The molecule has 2 heterocycles. The number of hydrogen-bond acceptors (Lipinski definition) is 6. The van der Waals surface area contributed by atoms with Crippen molar-refractivity contribution in [1.82, 2.24) is 31.5 Å². The topological polar surface area (TPSA) is 117 Å². The molecule has 4 rings (SSSR count). The first kappa shape index (κ1) is 22.1. The van der Waals surface area contributed by atoms with Crippen LogP contribution in [0.2, 0.25) is 0 Å². The second-order valence-corrected chi connectivity index (χ2v) is 8.78. The average molecular weight is 499 g/mol. The van der Waals surface area contributed by atoms with Crippen molar-refractivity contribution in [1.29, 1.82) is 0 Å². The van der Waals surface area contributed by atoms with Gasteiger partial charge in [-0.25, -0.2) is 15.5 Å². The minimum atomic E-state index is -0.598. The largest absolute Gasteiger partial charge is 0.290 e. The molecule has 2 amide bonds. The van der Waals surface area contributed by atoms with Gasteiger partial charge in [0.25, 0.3) is 17.4 Å². The van der Waals surface area contributed by atoms with Gasteiger partial charge in [-0.3, -0.25) is 25.2 Å². The standard InChI is InChI=1S/C22H23BrN6O3/c1-12(2)29-22(32)16-6-4-3-5-15(16)19(28-29)21(31)27-26-20(30)18-11-17(24-25-18)13-7-9-14(23)10-8-13/h3-10,12,17-18,24-25H,11H2,1-2H3,(H,26,30)(H,27,31). The fourth-order valence-electron chi connectivity index (χ4n) is 3.63. The summed E-state index contributed by atoms with van der Waals surface area (Å²) in [6.45, 7) is 3.63. The normalized spacial score (nSPS) is 18.1. The van der Waals surface area contributed by atoms with Gasteiger partial charge in [0.1, 0.15) is 6.04 Å². The van der Waals surface area contributed by atoms with E-state index < -0.39 is 11.9 Å². The molecule has 0 saturated carbocycles. The number of benzene rings is 2. The summed E-state index contributed by atoms with van der Waals surface area (Å²) >= 11 is 3.41. The molecule has 166 valence electrons. The molecule has 1 saturated heterocycles. The van der Waals surface area contributed by atoms with Gasteiger partial charge in [0.2, 0.25) is 0 Å². The average Bonchev–Trinajstić information content (AvgIpc) is 3.28. The number of nitrogens with zero attached hydrogens (tertiary/aromatic N) is 2. The fraction of sp³-hybridized carbons (Fsp3) is 0.273. The van der Waals surface area contributed by atoms with Crippen LogP contribution in [-0.2, 0) is 4.79 Å². The van der Waals surface area contributed by atoms with E-state index in [2.05, 4.69) is 42.7 Å². The van der Waals surface area contributed by atoms with Crippen LogP contribution in [0.1, 0.15) is 48.4 Å². The molecular weight excluding hydrogens is 476 g/mol. The number of carbonyl (C=O) groups excluding carboxylic acids is 2. The van der Waals surface area contributed by atoms with Crippen molar-refractivity contribution in [3.8, 4) is 0 Å². The summed E-state index contributed by atoms with van der Waals surface area (Å²) in [7, 11) is 0. The lowest BCUT2D eigenvalue weighted by Gasteiger charge is -2.15. The van der Waals surface area contributed by atoms with E-state index in [-0.39, 0.29) is 29.2 Å². The van der Waals surface area contributed by atoms with Crippen molar-refractivity contribution in [2.24, 2.45) is 0 Å². The second kappa shape index (κ2) is 9.19. The van der Waals surface area contributed by atoms with Gasteiger partial charge in [-0.1, -0.05) is 46.3 Å². The third kappa shape index (κ3) is 4.43. The van der Waals surface area contributed by atoms with E-state index in [4.69, 9.17) is 0 Å². The zero-order chi connectivity index (χ0) is 22.8. The molecule has 32 heavy (non-hydrogen) atoms. The summed E-state index contributed by atoms with van der Waals surface area (Å²) in [5, 5.41) is 5.07. The van der Waals surface area contributed by atoms with Crippen molar-refractivity contribution in [3.63, 3.8) is 0 Å². The summed E-state index contributed by atoms with van der Waals surface area (Å²) in [4.78, 5) is 38.1. The smallest absolute Gasteiger partial charge is 0.271 e. The maximum Gasteiger partial charge on any atom is 0.290 e. The van der Waals surface area contributed by atoms with E-state index in [1.165, 1.54) is 4.68 Å². The first-order chi connectivity index (χ1) is 15.3. The fourth-order valence-corrected chi connectivity index (χ4v) is 3.90. The number of hydrazine groups is 2. The van der Waals surface area contributed by atoms with Gasteiger partial charge < -0.3 is 0 Å². The highest BCUT2D eigenvalue weighted by Gasteiger charge is 2.30. The van der Waals surface area contributed by atoms with Crippen LogP contribution < -0.4 is 27.3 Å². The van der Waals surface area contributed by atoms with Crippen LogP contribution in [0.4, 0.5) is 0 Å². The molecule has 2 unspecified atom stereocenters. The van der Waals surface area contributed by atoms with Gasteiger partial charge in [-0.2, -0.15) is 5.10 Å². The molecule has 1 aromatic heterocycles. The number of nitrogens with one attached hydrogen (secondary N) is 4. The number of carbonyl (C=O) groups is 2. The maximum atomic E-state index is 12.8. The Morgan fingerprint density at radius 2 is 1.75 bits per heavy atom. The minimum Gasteiger partial charge on any atom is -0.271 e. The van der Waals surface area contributed by atoms with Crippen LogP contribution in [0.25, 0.3) is 10.8 Å². The van der Waals surface area contributed by atoms with E-state index in [1.54, 1.807) is 24.3 Å². The third-order valence-electron chi connectivity index (χ3n) is 5.32. The van der Waals surface area contributed by atoms with Crippen molar-refractivity contribution in [2.75, 3.05) is 0 Å². The zero-order valence-corrected chi connectivity index (χ0v) is 19.1. The predicted molar refractivity (Wildman–Crippen MR) is 124 cm³/mol. The molecule has 4 N–H and O–H groups in total. The molecule has 1 aliphatic rings. The van der Waals surface area contributed by atoms with Crippen molar-refractivity contribution < 1.29 is 9.59 Å². The number of halogens is 1. The number of fused-ring (bicyclic) bond motifs is 1. The summed E-state index contributed by atoms with van der Waals surface area (Å²) in [6.07, 6.45) is 0.517. The Morgan fingerprint density at radius 1 is 1.06 bits per heavy atom. The third-order valence-corrected chi connectivity index (χ3v) is 5.85. The maximum absolute atomic E-state index is 12.8. The summed E-state index contributed by atoms with van der Waals surface area (Å²) in [5.41, 5.74) is 11.8. The molecule has 0 aliphatic carbocycles. The Morgan fingerprint density at radius 3 is 2.44 bits per heavy atom. The van der Waals surface area contributed by atoms with Crippen LogP contribution in [0, 0.1) is 0 Å². The lowest BCUT2D eigenvalue weighted by molar-refractivity contribution is -0.123. The molecule has 0 radical (unpaired) electrons. The molecule has 0 bridgehead atoms. The first-order valence-corrected chi connectivity index (χ1v) is 11.0. The van der Waals surface area contributed by atoms with Crippen molar-refractivity contribution in [2.45, 2.75) is 38.4 Å². The van der Waals surface area contributed by atoms with Crippen molar-refractivity contribution >= 4 is 38.5 Å². The highest BCUT2D eigenvalue weighted by atomic mass is 79.9. The minimum absolute atomic E-state index is 0.0326. The number of amides is 2. The van der Waals surface area contributed by atoms with E-state index >= 15 is 0 Å². The van der Waals surface area contributed by atoms with Crippen LogP contribution >= 0.6 is 15.9 Å². The summed E-state index contributed by atoms with van der Waals surface area (Å²) in [6, 6.07) is 13.8. The monoisotopic (exact) mass is 498 g/mol. The van der Waals surface area contributed by atoms with Crippen LogP contribution in [0.15, 0.2) is 57.8 Å². The lowest BCUT2D eigenvalue weighted by atomic mass is 10.0. The van der Waals surface area contributed by atoms with Crippen LogP contribution in [-0.4, -0.2) is 27.6 Å². The molecule has 1 fully saturated rings. The van der Waals surface area contributed by atoms with Crippen molar-refractivity contribution in [3.05, 3.63) is 74.6 Å². The Bertz CT molecular complexity index is 1220. The Hall–Kier alpha value is -3.08. The Balaban J connectivity index is 1.45. The first-order valence-electron chi connectivity index (χ1n) is 10.2. The molecule has 10 heteroatoms. The van der Waals surface area contributed by atoms with Gasteiger partial charge in [-0.15, -0.1) is 0 Å². The molecule has 3 aromatic rings. The van der Waals surface area contributed by atoms with E-state index in [9.17, 15) is 14.4 Å². The van der Waals surface area contributed by atoms with Gasteiger partial charge in [-0.05, 0) is 44.0 Å². The van der Waals surface area contributed by atoms with Gasteiger partial charge in [0.15, 0.2) is 5.69 Å². The highest BCUT2D eigenvalue weighted by Crippen LogP contribution is 2.23. The SMILES string of the molecule is CC(C)n1nc(C(=O)NNC(=O)C2CC(c3ccc(Br)cc3)NN2)c2ccccc2c1=O. The molecular formula is C22H23BrN6O3. The molecule has 2 aromatic carbocycles. The van der Waals surface area contributed by atoms with Gasteiger partial charge in [0.05, 0.1) is 11.4 Å². The number of aromatic nitrogens is 2. The molecule has 1 aliphatic heterocycles. The van der Waals surface area contributed by atoms with Gasteiger partial charge >= 0.3 is 0 Å². The Kier molecular flexibility index (Phi) is 6.35. The number of rotatable bonds is 4. The number of hydrogen-bond donors (Lipinski definition) is 4. The quantitative estimate of drug-likeness (QED) is 0.409. The van der Waals surface area contributed by atoms with E-state index in [0.717, 1.165) is 10.0 Å². The molecule has 9 nitrogen and oxygen atoms in total. The summed E-state index contributed by atoms with van der Waals surface area (Å²) in [5.74, 6) is -0.980. The van der Waals surface area contributed by atoms with Gasteiger partial charge in [0, 0.05) is 15.9 Å². The van der Waals surface area contributed by atoms with E-state index in [0.29, 0.717) is 17.2 Å². The Labute approximate surface area is 192 Å². The second-order valence-electron chi connectivity index (χ2n) is 7.86. The van der Waals surface area contributed by atoms with Crippen LogP contribution in [0.3, 0.4) is 0 Å².